The van der Waals surface area contributed by atoms with Crippen LogP contribution in [0, 0.1) is 12.7 Å². The summed E-state index contributed by atoms with van der Waals surface area (Å²) in [7, 11) is 0. The van der Waals surface area contributed by atoms with Gasteiger partial charge in [0, 0.05) is 5.56 Å². The average molecular weight is 266 g/mol. The minimum Gasteiger partial charge on any atom is -0.384 e. The zero-order chi connectivity index (χ0) is 14.0. The van der Waals surface area contributed by atoms with Crippen molar-refractivity contribution in [2.75, 3.05) is 0 Å². The molecule has 2 rings (SSSR count). The van der Waals surface area contributed by atoms with Crippen LogP contribution in [0.4, 0.5) is 13.2 Å². The fraction of sp³-hybridized carbons (Fsp3) is 0.200. The number of hydrogen-bond donors (Lipinski definition) is 1. The van der Waals surface area contributed by atoms with Gasteiger partial charge in [0.1, 0.15) is 11.9 Å². The van der Waals surface area contributed by atoms with E-state index in [1.165, 1.54) is 36.4 Å². The first-order chi connectivity index (χ1) is 8.99. The van der Waals surface area contributed by atoms with Crippen molar-refractivity contribution >= 4 is 0 Å². The van der Waals surface area contributed by atoms with Crippen LogP contribution in [0.3, 0.4) is 0 Å². The molecule has 100 valence electrons. The van der Waals surface area contributed by atoms with Crippen LogP contribution in [0.25, 0.3) is 0 Å². The summed E-state index contributed by atoms with van der Waals surface area (Å²) in [6.07, 6.45) is -3.62. The summed E-state index contributed by atoms with van der Waals surface area (Å²) in [5.41, 5.74) is 1.31. The molecule has 0 radical (unpaired) electrons. The van der Waals surface area contributed by atoms with Crippen LogP contribution in [-0.2, 0) is 0 Å². The van der Waals surface area contributed by atoms with Gasteiger partial charge in [-0.05, 0) is 41.8 Å². The van der Waals surface area contributed by atoms with Crippen LogP contribution in [0.15, 0.2) is 42.5 Å². The van der Waals surface area contributed by atoms with Gasteiger partial charge < -0.3 is 5.11 Å². The molecule has 0 aliphatic carbocycles. The van der Waals surface area contributed by atoms with E-state index in [1.807, 2.05) is 0 Å². The van der Waals surface area contributed by atoms with Crippen molar-refractivity contribution in [3.8, 4) is 0 Å². The van der Waals surface area contributed by atoms with Crippen LogP contribution >= 0.6 is 0 Å². The molecule has 0 aliphatic rings. The maximum absolute atomic E-state index is 13.0. The Bertz CT molecular complexity index is 581. The van der Waals surface area contributed by atoms with E-state index in [4.69, 9.17) is 0 Å². The molecule has 2 aromatic rings. The van der Waals surface area contributed by atoms with E-state index < -0.39 is 18.3 Å². The highest BCUT2D eigenvalue weighted by Crippen LogP contribution is 2.28. The van der Waals surface area contributed by atoms with Crippen molar-refractivity contribution in [1.82, 2.24) is 0 Å². The highest BCUT2D eigenvalue weighted by Gasteiger charge is 2.15. The zero-order valence-corrected chi connectivity index (χ0v) is 10.3. The Morgan fingerprint density at radius 2 is 1.68 bits per heavy atom. The van der Waals surface area contributed by atoms with E-state index in [0.29, 0.717) is 16.7 Å². The number of rotatable bonds is 3. The summed E-state index contributed by atoms with van der Waals surface area (Å²) >= 11 is 0. The lowest BCUT2D eigenvalue weighted by atomic mass is 9.96. The van der Waals surface area contributed by atoms with E-state index >= 15 is 0 Å². The first-order valence-electron chi connectivity index (χ1n) is 5.81. The van der Waals surface area contributed by atoms with Gasteiger partial charge in [0.05, 0.1) is 0 Å². The first-order valence-corrected chi connectivity index (χ1v) is 5.81. The molecular weight excluding hydrogens is 253 g/mol. The number of aryl methyl sites for hydroxylation is 1. The Hall–Kier alpha value is -1.81. The number of alkyl halides is 2. The van der Waals surface area contributed by atoms with Crippen molar-refractivity contribution < 1.29 is 18.3 Å². The number of hydrogen-bond acceptors (Lipinski definition) is 1. The van der Waals surface area contributed by atoms with Crippen LogP contribution in [0.2, 0.25) is 0 Å². The number of halogens is 3. The molecule has 1 nitrogen and oxygen atoms in total. The monoisotopic (exact) mass is 266 g/mol. The number of aliphatic hydroxyl groups is 1. The maximum atomic E-state index is 13.0. The first kappa shape index (κ1) is 13.6. The molecule has 0 saturated carbocycles. The van der Waals surface area contributed by atoms with E-state index in [2.05, 4.69) is 0 Å². The smallest absolute Gasteiger partial charge is 0.263 e. The Morgan fingerprint density at radius 1 is 1.00 bits per heavy atom. The summed E-state index contributed by atoms with van der Waals surface area (Å²) in [5.74, 6) is -0.394. The van der Waals surface area contributed by atoms with Crippen molar-refractivity contribution in [3.63, 3.8) is 0 Å². The SMILES string of the molecule is Cc1cc(F)ccc1C(O)c1cccc(C(F)F)c1. The second kappa shape index (κ2) is 5.45. The van der Waals surface area contributed by atoms with Crippen LogP contribution < -0.4 is 0 Å². The molecule has 0 amide bonds. The Kier molecular flexibility index (Phi) is 3.90. The summed E-state index contributed by atoms with van der Waals surface area (Å²) in [4.78, 5) is 0. The molecule has 1 N–H and O–H groups in total. The van der Waals surface area contributed by atoms with Crippen LogP contribution in [0.1, 0.15) is 34.8 Å². The fourth-order valence-electron chi connectivity index (χ4n) is 1.99. The predicted molar refractivity (Wildman–Crippen MR) is 66.6 cm³/mol. The Labute approximate surface area is 109 Å². The lowest BCUT2D eigenvalue weighted by molar-refractivity contribution is 0.150. The molecule has 0 spiro atoms. The van der Waals surface area contributed by atoms with E-state index in [-0.39, 0.29) is 5.56 Å². The maximum Gasteiger partial charge on any atom is 0.263 e. The standard InChI is InChI=1S/C15H13F3O/c1-9-7-12(16)5-6-13(9)14(19)10-3-2-4-11(8-10)15(17)18/h2-8,14-15,19H,1H3. The second-order valence-electron chi connectivity index (χ2n) is 4.37. The molecule has 19 heavy (non-hydrogen) atoms. The van der Waals surface area contributed by atoms with E-state index in [9.17, 15) is 18.3 Å². The third kappa shape index (κ3) is 2.96. The average Bonchev–Trinajstić information content (AvgIpc) is 2.38. The lowest BCUT2D eigenvalue weighted by Crippen LogP contribution is -2.03. The fourth-order valence-corrected chi connectivity index (χ4v) is 1.99. The third-order valence-corrected chi connectivity index (χ3v) is 3.00. The summed E-state index contributed by atoms with van der Waals surface area (Å²) in [5, 5.41) is 10.2. The summed E-state index contributed by atoms with van der Waals surface area (Å²) in [6.45, 7) is 1.67. The van der Waals surface area contributed by atoms with Crippen molar-refractivity contribution in [3.05, 3.63) is 70.5 Å². The largest absolute Gasteiger partial charge is 0.384 e. The highest BCUT2D eigenvalue weighted by molar-refractivity contribution is 5.37. The van der Waals surface area contributed by atoms with E-state index in [0.717, 1.165) is 0 Å². The number of aliphatic hydroxyl groups excluding tert-OH is 1. The Morgan fingerprint density at radius 3 is 2.32 bits per heavy atom. The topological polar surface area (TPSA) is 20.2 Å². The zero-order valence-electron chi connectivity index (χ0n) is 10.3. The molecule has 0 aromatic heterocycles. The van der Waals surface area contributed by atoms with Crippen molar-refractivity contribution in [1.29, 1.82) is 0 Å². The quantitative estimate of drug-likeness (QED) is 0.884. The second-order valence-corrected chi connectivity index (χ2v) is 4.37. The van der Waals surface area contributed by atoms with Gasteiger partial charge >= 0.3 is 0 Å². The normalized spacial score (nSPS) is 12.7. The molecule has 0 bridgehead atoms. The molecule has 4 heteroatoms. The van der Waals surface area contributed by atoms with Crippen molar-refractivity contribution in [2.45, 2.75) is 19.5 Å². The Balaban J connectivity index is 2.38. The van der Waals surface area contributed by atoms with Crippen LogP contribution in [0.5, 0.6) is 0 Å². The summed E-state index contributed by atoms with van der Waals surface area (Å²) < 4.78 is 38.2. The minimum atomic E-state index is -2.58. The van der Waals surface area contributed by atoms with Gasteiger partial charge in [-0.2, -0.15) is 0 Å². The van der Waals surface area contributed by atoms with Crippen LogP contribution in [-0.4, -0.2) is 5.11 Å². The molecule has 2 aromatic carbocycles. The van der Waals surface area contributed by atoms with Gasteiger partial charge in [0.25, 0.3) is 6.43 Å². The molecule has 0 saturated heterocycles. The molecular formula is C15H13F3O. The third-order valence-electron chi connectivity index (χ3n) is 3.00. The van der Waals surface area contributed by atoms with Gasteiger partial charge in [-0.15, -0.1) is 0 Å². The van der Waals surface area contributed by atoms with Gasteiger partial charge in [0.2, 0.25) is 0 Å². The molecule has 1 unspecified atom stereocenters. The lowest BCUT2D eigenvalue weighted by Gasteiger charge is -2.15. The molecule has 1 atom stereocenters. The van der Waals surface area contributed by atoms with Gasteiger partial charge in [-0.1, -0.05) is 24.3 Å². The minimum absolute atomic E-state index is 0.142. The van der Waals surface area contributed by atoms with Gasteiger partial charge in [0.15, 0.2) is 0 Å². The van der Waals surface area contributed by atoms with E-state index in [1.54, 1.807) is 13.0 Å². The van der Waals surface area contributed by atoms with Crippen molar-refractivity contribution in [2.24, 2.45) is 0 Å². The molecule has 0 aliphatic heterocycles. The molecule has 0 fully saturated rings. The molecule has 0 heterocycles. The van der Waals surface area contributed by atoms with Gasteiger partial charge in [-0.3, -0.25) is 0 Å². The summed E-state index contributed by atoms with van der Waals surface area (Å²) in [6, 6.07) is 9.61. The van der Waals surface area contributed by atoms with Gasteiger partial charge in [-0.25, -0.2) is 13.2 Å². The number of benzene rings is 2. The highest BCUT2D eigenvalue weighted by atomic mass is 19.3. The predicted octanol–water partition coefficient (Wildman–Crippen LogP) is 4.15.